The number of hydrogen-bond acceptors (Lipinski definition) is 4. The van der Waals surface area contributed by atoms with Crippen LogP contribution in [-0.4, -0.2) is 37.1 Å². The quantitative estimate of drug-likeness (QED) is 0.772. The molecule has 0 fully saturated rings. The van der Waals surface area contributed by atoms with Crippen LogP contribution >= 0.6 is 23.2 Å². The van der Waals surface area contributed by atoms with Gasteiger partial charge in [0, 0.05) is 22.4 Å². The maximum absolute atomic E-state index is 15.7. The van der Waals surface area contributed by atoms with Crippen LogP contribution in [0.2, 0.25) is 10.0 Å². The van der Waals surface area contributed by atoms with Crippen molar-refractivity contribution < 1.29 is 18.3 Å². The number of ether oxygens (including phenoxy) is 2. The Morgan fingerprint density at radius 2 is 1.92 bits per heavy atom. The van der Waals surface area contributed by atoms with Gasteiger partial charge in [0.05, 0.1) is 18.7 Å². The van der Waals surface area contributed by atoms with Crippen molar-refractivity contribution in [2.24, 2.45) is 10.7 Å². The summed E-state index contributed by atoms with van der Waals surface area (Å²) < 4.78 is 41.7. The summed E-state index contributed by atoms with van der Waals surface area (Å²) in [6, 6.07) is 4.71. The van der Waals surface area contributed by atoms with E-state index < -0.39 is 23.9 Å². The van der Waals surface area contributed by atoms with E-state index >= 15 is 4.39 Å². The monoisotopic (exact) mass is 400 g/mol. The molecule has 1 aliphatic carbocycles. The van der Waals surface area contributed by atoms with Crippen LogP contribution in [0.4, 0.5) is 8.78 Å². The normalized spacial score (nSPS) is 33.4. The van der Waals surface area contributed by atoms with Crippen LogP contribution in [0, 0.1) is 0 Å². The molecule has 0 saturated carbocycles. The Hall–Kier alpha value is -1.79. The van der Waals surface area contributed by atoms with Gasteiger partial charge >= 0.3 is 0 Å². The Balaban J connectivity index is 1.78. The van der Waals surface area contributed by atoms with Gasteiger partial charge in [-0.1, -0.05) is 29.3 Å². The van der Waals surface area contributed by atoms with Gasteiger partial charge in [-0.25, -0.2) is 13.8 Å². The van der Waals surface area contributed by atoms with Gasteiger partial charge in [-0.15, -0.1) is 0 Å². The molecule has 2 heterocycles. The number of benzene rings is 1. The number of nitrogens with two attached hydrogens (primary N) is 1. The largest absolute Gasteiger partial charge is 0.493 e. The Morgan fingerprint density at radius 3 is 2.65 bits per heavy atom. The third kappa shape index (κ3) is 2.76. The van der Waals surface area contributed by atoms with Gasteiger partial charge < -0.3 is 15.2 Å². The first-order chi connectivity index (χ1) is 12.4. The highest BCUT2D eigenvalue weighted by atomic mass is 35.5. The summed E-state index contributed by atoms with van der Waals surface area (Å²) in [5.41, 5.74) is 4.88. The highest BCUT2D eigenvalue weighted by molar-refractivity contribution is 6.34. The van der Waals surface area contributed by atoms with Gasteiger partial charge in [-0.05, 0) is 29.8 Å². The molecule has 4 atom stereocenters. The molecule has 2 N–H and O–H groups in total. The molecule has 0 amide bonds. The first kappa shape index (κ1) is 17.6. The summed E-state index contributed by atoms with van der Waals surface area (Å²) in [6.07, 6.45) is 0.369. The fourth-order valence-corrected chi connectivity index (χ4v) is 4.33. The smallest absolute Gasteiger partial charge is 0.283 e. The highest BCUT2D eigenvalue weighted by Crippen LogP contribution is 2.48. The van der Waals surface area contributed by atoms with E-state index in [2.05, 4.69) is 4.99 Å². The predicted molar refractivity (Wildman–Crippen MR) is 96.0 cm³/mol. The number of halogens is 4. The number of amidine groups is 1. The summed E-state index contributed by atoms with van der Waals surface area (Å²) in [5.74, 6) is -0.412. The summed E-state index contributed by atoms with van der Waals surface area (Å²) >= 11 is 12.1. The standard InChI is InChI=1S/C18H16Cl2F2N2O2/c19-10-5-9(6-11(20)7-10)12-1-2-13-15(16(12)22)18(3-4-25-13)14(21)8-24-17(23)26-18/h1-2,5-7,12,14,16H,3-4,8H2,(H2,23,24)/t12?,14-,16?,18?/m1/s1. The molecule has 4 nitrogen and oxygen atoms in total. The second-order valence-electron chi connectivity index (χ2n) is 6.50. The van der Waals surface area contributed by atoms with Crippen molar-refractivity contribution in [3.63, 3.8) is 0 Å². The number of fused-ring (bicyclic) bond motifs is 1. The van der Waals surface area contributed by atoms with Crippen LogP contribution in [0.1, 0.15) is 17.9 Å². The summed E-state index contributed by atoms with van der Waals surface area (Å²) in [5, 5.41) is 0.798. The SMILES string of the molecule is NC1=NC[C@@H](F)C2(CCOC3=C2C(F)C(c2cc(Cl)cc(Cl)c2)C=C3)O1. The van der Waals surface area contributed by atoms with E-state index in [0.29, 0.717) is 15.6 Å². The van der Waals surface area contributed by atoms with Crippen LogP contribution in [0.25, 0.3) is 0 Å². The first-order valence-corrected chi connectivity index (χ1v) is 8.95. The average molecular weight is 401 g/mol. The lowest BCUT2D eigenvalue weighted by Gasteiger charge is -2.46. The van der Waals surface area contributed by atoms with Gasteiger partial charge in [-0.2, -0.15) is 0 Å². The van der Waals surface area contributed by atoms with E-state index in [9.17, 15) is 4.39 Å². The van der Waals surface area contributed by atoms with E-state index in [4.69, 9.17) is 38.4 Å². The summed E-state index contributed by atoms with van der Waals surface area (Å²) in [6.45, 7) is 0.0317. The molecule has 1 spiro atoms. The second kappa shape index (κ2) is 6.43. The topological polar surface area (TPSA) is 56.8 Å². The molecular formula is C18H16Cl2F2N2O2. The van der Waals surface area contributed by atoms with Gasteiger partial charge in [0.1, 0.15) is 11.9 Å². The molecule has 4 rings (SSSR count). The number of rotatable bonds is 1. The van der Waals surface area contributed by atoms with E-state index in [0.717, 1.165) is 0 Å². The van der Waals surface area contributed by atoms with Crippen molar-refractivity contribution in [2.75, 3.05) is 13.2 Å². The van der Waals surface area contributed by atoms with Crippen LogP contribution in [-0.2, 0) is 9.47 Å². The zero-order valence-corrected chi connectivity index (χ0v) is 15.1. The minimum Gasteiger partial charge on any atom is -0.493 e. The number of aliphatic imine (C=N–C) groups is 1. The molecular weight excluding hydrogens is 385 g/mol. The third-order valence-electron chi connectivity index (χ3n) is 4.97. The number of allylic oxidation sites excluding steroid dienone is 2. The van der Waals surface area contributed by atoms with E-state index in [1.807, 2.05) is 0 Å². The lowest BCUT2D eigenvalue weighted by atomic mass is 9.73. The second-order valence-corrected chi connectivity index (χ2v) is 7.38. The van der Waals surface area contributed by atoms with Crippen LogP contribution in [0.3, 0.4) is 0 Å². The zero-order chi connectivity index (χ0) is 18.5. The molecule has 3 aliphatic rings. The molecule has 3 unspecified atom stereocenters. The van der Waals surface area contributed by atoms with Crippen molar-refractivity contribution in [1.29, 1.82) is 0 Å². The minimum atomic E-state index is -1.58. The van der Waals surface area contributed by atoms with Crippen LogP contribution < -0.4 is 5.73 Å². The lowest BCUT2D eigenvalue weighted by molar-refractivity contribution is -0.0503. The highest BCUT2D eigenvalue weighted by Gasteiger charge is 2.55. The number of nitrogens with zero attached hydrogens (tertiary/aromatic N) is 1. The first-order valence-electron chi connectivity index (χ1n) is 8.19. The maximum Gasteiger partial charge on any atom is 0.283 e. The van der Waals surface area contributed by atoms with Gasteiger partial charge in [0.15, 0.2) is 11.8 Å². The average Bonchev–Trinajstić information content (AvgIpc) is 2.58. The Morgan fingerprint density at radius 1 is 1.19 bits per heavy atom. The third-order valence-corrected chi connectivity index (χ3v) is 5.40. The number of hydrogen-bond donors (Lipinski definition) is 1. The fraction of sp³-hybridized carbons (Fsp3) is 0.389. The molecule has 1 aromatic carbocycles. The van der Waals surface area contributed by atoms with E-state index in [-0.39, 0.29) is 36.9 Å². The van der Waals surface area contributed by atoms with Crippen molar-refractivity contribution in [3.05, 3.63) is 57.3 Å². The van der Waals surface area contributed by atoms with E-state index in [1.165, 1.54) is 0 Å². The molecule has 1 aromatic rings. The van der Waals surface area contributed by atoms with E-state index in [1.54, 1.807) is 30.4 Å². The zero-order valence-electron chi connectivity index (χ0n) is 13.6. The lowest BCUT2D eigenvalue weighted by Crippen LogP contribution is -2.57. The molecule has 26 heavy (non-hydrogen) atoms. The fourth-order valence-electron chi connectivity index (χ4n) is 3.79. The van der Waals surface area contributed by atoms with Crippen molar-refractivity contribution in [2.45, 2.75) is 30.3 Å². The summed E-state index contributed by atoms with van der Waals surface area (Å²) in [7, 11) is 0. The van der Waals surface area contributed by atoms with Gasteiger partial charge in [0.2, 0.25) is 0 Å². The van der Waals surface area contributed by atoms with Crippen LogP contribution in [0.15, 0.2) is 46.7 Å². The molecule has 0 saturated heterocycles. The van der Waals surface area contributed by atoms with Crippen molar-refractivity contribution >= 4 is 29.2 Å². The Kier molecular flexibility index (Phi) is 4.35. The minimum absolute atomic E-state index is 0.123. The molecule has 8 heteroatoms. The van der Waals surface area contributed by atoms with Crippen molar-refractivity contribution in [1.82, 2.24) is 0 Å². The van der Waals surface area contributed by atoms with Gasteiger partial charge in [-0.3, -0.25) is 0 Å². The molecule has 2 aliphatic heterocycles. The Bertz CT molecular complexity index is 822. The summed E-state index contributed by atoms with van der Waals surface area (Å²) in [4.78, 5) is 3.78. The van der Waals surface area contributed by atoms with Crippen molar-refractivity contribution in [3.8, 4) is 0 Å². The van der Waals surface area contributed by atoms with Crippen LogP contribution in [0.5, 0.6) is 0 Å². The molecule has 0 radical (unpaired) electrons. The number of alkyl halides is 2. The predicted octanol–water partition coefficient (Wildman–Crippen LogP) is 4.08. The molecule has 0 aromatic heterocycles. The maximum atomic E-state index is 15.7. The molecule has 0 bridgehead atoms. The molecule has 138 valence electrons. The van der Waals surface area contributed by atoms with Gasteiger partial charge in [0.25, 0.3) is 6.02 Å². The Labute approximate surface area is 159 Å².